The van der Waals surface area contributed by atoms with Crippen LogP contribution in [0.1, 0.15) is 6.92 Å². The van der Waals surface area contributed by atoms with Crippen molar-refractivity contribution in [1.82, 2.24) is 0 Å². The van der Waals surface area contributed by atoms with Crippen molar-refractivity contribution in [3.8, 4) is 12.3 Å². The van der Waals surface area contributed by atoms with E-state index in [0.717, 1.165) is 0 Å². The molecule has 0 bridgehead atoms. The van der Waals surface area contributed by atoms with Crippen LogP contribution in [0.4, 0.5) is 0 Å². The molecule has 0 aromatic heterocycles. The maximum absolute atomic E-state index is 10.7. The van der Waals surface area contributed by atoms with Gasteiger partial charge in [-0.3, -0.25) is 4.18 Å². The summed E-state index contributed by atoms with van der Waals surface area (Å²) in [6.07, 6.45) is 4.70. The molecule has 0 aromatic rings. The highest BCUT2D eigenvalue weighted by Crippen LogP contribution is 2.21. The zero-order valence-electron chi connectivity index (χ0n) is 5.57. The van der Waals surface area contributed by atoms with Crippen LogP contribution >= 0.6 is 0 Å². The van der Waals surface area contributed by atoms with Gasteiger partial charge in [0.1, 0.15) is 0 Å². The van der Waals surface area contributed by atoms with Crippen molar-refractivity contribution in [2.75, 3.05) is 5.75 Å². The van der Waals surface area contributed by atoms with Gasteiger partial charge in [-0.1, -0.05) is 5.92 Å². The summed E-state index contributed by atoms with van der Waals surface area (Å²) in [5, 5.41) is 0. The van der Waals surface area contributed by atoms with Gasteiger partial charge >= 0.3 is 0 Å². The lowest BCUT2D eigenvalue weighted by molar-refractivity contribution is 0.233. The summed E-state index contributed by atoms with van der Waals surface area (Å²) in [4.78, 5) is 0. The average Bonchev–Trinajstić information content (AvgIpc) is 2.05. The summed E-state index contributed by atoms with van der Waals surface area (Å²) in [6.45, 7) is 1.66. The van der Waals surface area contributed by atoms with Crippen LogP contribution in [0.25, 0.3) is 0 Å². The van der Waals surface area contributed by atoms with Crippen LogP contribution in [0.3, 0.4) is 0 Å². The molecule has 1 fully saturated rings. The van der Waals surface area contributed by atoms with E-state index in [1.807, 2.05) is 0 Å². The first kappa shape index (κ1) is 7.58. The van der Waals surface area contributed by atoms with Crippen molar-refractivity contribution < 1.29 is 12.6 Å². The molecular formula is C6H8O3S. The second-order valence-electron chi connectivity index (χ2n) is 2.30. The zero-order valence-corrected chi connectivity index (χ0v) is 6.39. The number of hydrogen-bond donors (Lipinski definition) is 0. The van der Waals surface area contributed by atoms with Gasteiger partial charge in [0.25, 0.3) is 10.1 Å². The Morgan fingerprint density at radius 3 is 2.50 bits per heavy atom. The van der Waals surface area contributed by atoms with Crippen molar-refractivity contribution >= 4 is 10.1 Å². The second-order valence-corrected chi connectivity index (χ2v) is 3.94. The lowest BCUT2D eigenvalue weighted by Crippen LogP contribution is -2.09. The third-order valence-electron chi connectivity index (χ3n) is 1.46. The lowest BCUT2D eigenvalue weighted by Gasteiger charge is -2.00. The van der Waals surface area contributed by atoms with Crippen LogP contribution in [0.5, 0.6) is 0 Å². The Kier molecular flexibility index (Phi) is 1.71. The van der Waals surface area contributed by atoms with E-state index in [9.17, 15) is 8.42 Å². The summed E-state index contributed by atoms with van der Waals surface area (Å²) in [6, 6.07) is 0. The molecule has 1 heterocycles. The van der Waals surface area contributed by atoms with Crippen molar-refractivity contribution in [2.45, 2.75) is 13.0 Å². The van der Waals surface area contributed by atoms with Gasteiger partial charge in [-0.25, -0.2) is 0 Å². The lowest BCUT2D eigenvalue weighted by atomic mass is 10.1. The third-order valence-corrected chi connectivity index (χ3v) is 2.83. The van der Waals surface area contributed by atoms with Gasteiger partial charge in [0, 0.05) is 0 Å². The normalized spacial score (nSPS) is 37.2. The molecule has 2 atom stereocenters. The minimum Gasteiger partial charge on any atom is -0.266 e. The molecule has 1 aliphatic rings. The number of hydrogen-bond acceptors (Lipinski definition) is 3. The molecule has 1 saturated heterocycles. The second kappa shape index (κ2) is 2.26. The van der Waals surface area contributed by atoms with Crippen molar-refractivity contribution in [3.05, 3.63) is 0 Å². The van der Waals surface area contributed by atoms with Crippen molar-refractivity contribution in [1.29, 1.82) is 0 Å². The Balaban J connectivity index is 2.83. The Morgan fingerprint density at radius 1 is 1.70 bits per heavy atom. The summed E-state index contributed by atoms with van der Waals surface area (Å²) in [5.41, 5.74) is 0. The standard InChI is InChI=1S/C6H8O3S/c1-3-6-4-10(7,8)9-5(6)2/h1,5-6H,4H2,2H3. The number of rotatable bonds is 0. The van der Waals surface area contributed by atoms with E-state index in [1.54, 1.807) is 6.92 Å². The van der Waals surface area contributed by atoms with E-state index < -0.39 is 10.1 Å². The van der Waals surface area contributed by atoms with Crippen LogP contribution in [-0.2, 0) is 14.3 Å². The Morgan fingerprint density at radius 2 is 2.30 bits per heavy atom. The van der Waals surface area contributed by atoms with E-state index in [4.69, 9.17) is 6.42 Å². The highest BCUT2D eigenvalue weighted by Gasteiger charge is 2.34. The Labute approximate surface area is 60.5 Å². The smallest absolute Gasteiger partial charge is 0.266 e. The number of terminal acetylenes is 1. The summed E-state index contributed by atoms with van der Waals surface area (Å²) >= 11 is 0. The topological polar surface area (TPSA) is 43.4 Å². The van der Waals surface area contributed by atoms with Crippen LogP contribution in [0.15, 0.2) is 0 Å². The molecular weight excluding hydrogens is 152 g/mol. The van der Waals surface area contributed by atoms with E-state index in [0.29, 0.717) is 0 Å². The maximum atomic E-state index is 10.7. The molecule has 2 unspecified atom stereocenters. The van der Waals surface area contributed by atoms with E-state index in [1.165, 1.54) is 0 Å². The van der Waals surface area contributed by atoms with Crippen LogP contribution in [-0.4, -0.2) is 20.3 Å². The predicted octanol–water partition coefficient (Wildman–Crippen LogP) is -0.0157. The fourth-order valence-corrected chi connectivity index (χ4v) is 2.36. The molecule has 0 aromatic carbocycles. The van der Waals surface area contributed by atoms with E-state index in [2.05, 4.69) is 10.1 Å². The first-order chi connectivity index (χ1) is 4.55. The fraction of sp³-hybridized carbons (Fsp3) is 0.667. The SMILES string of the molecule is C#CC1CS(=O)(=O)OC1C. The predicted molar refractivity (Wildman–Crippen MR) is 36.7 cm³/mol. The van der Waals surface area contributed by atoms with Gasteiger partial charge < -0.3 is 0 Å². The van der Waals surface area contributed by atoms with Gasteiger partial charge in [0.05, 0.1) is 17.8 Å². The summed E-state index contributed by atoms with van der Waals surface area (Å²) in [5.74, 6) is 2.05. The molecule has 1 aliphatic heterocycles. The highest BCUT2D eigenvalue weighted by molar-refractivity contribution is 7.87. The Hall–Kier alpha value is -0.530. The van der Waals surface area contributed by atoms with Crippen LogP contribution < -0.4 is 0 Å². The van der Waals surface area contributed by atoms with Gasteiger partial charge in [-0.2, -0.15) is 8.42 Å². The molecule has 10 heavy (non-hydrogen) atoms. The first-order valence-corrected chi connectivity index (χ1v) is 4.50. The van der Waals surface area contributed by atoms with Gasteiger partial charge in [-0.05, 0) is 6.92 Å². The maximum Gasteiger partial charge on any atom is 0.268 e. The molecule has 3 nitrogen and oxygen atoms in total. The largest absolute Gasteiger partial charge is 0.268 e. The molecule has 0 saturated carbocycles. The van der Waals surface area contributed by atoms with Crippen LogP contribution in [0.2, 0.25) is 0 Å². The molecule has 56 valence electrons. The van der Waals surface area contributed by atoms with Gasteiger partial charge in [0.15, 0.2) is 0 Å². The molecule has 0 radical (unpaired) electrons. The quantitative estimate of drug-likeness (QED) is 0.369. The summed E-state index contributed by atoms with van der Waals surface area (Å²) < 4.78 is 26.0. The van der Waals surface area contributed by atoms with Gasteiger partial charge in [-0.15, -0.1) is 6.42 Å². The molecule has 0 aliphatic carbocycles. The molecule has 1 rings (SSSR count). The molecule has 0 N–H and O–H groups in total. The van der Waals surface area contributed by atoms with Gasteiger partial charge in [0.2, 0.25) is 0 Å². The minimum atomic E-state index is -3.30. The third kappa shape index (κ3) is 1.31. The first-order valence-electron chi connectivity index (χ1n) is 2.92. The van der Waals surface area contributed by atoms with Crippen molar-refractivity contribution in [3.63, 3.8) is 0 Å². The van der Waals surface area contributed by atoms with Crippen LogP contribution in [0, 0.1) is 18.3 Å². The fourth-order valence-electron chi connectivity index (χ4n) is 0.877. The highest BCUT2D eigenvalue weighted by atomic mass is 32.2. The molecule has 4 heteroatoms. The van der Waals surface area contributed by atoms with E-state index in [-0.39, 0.29) is 17.8 Å². The summed E-state index contributed by atoms with van der Waals surface area (Å²) in [7, 11) is -3.30. The van der Waals surface area contributed by atoms with E-state index >= 15 is 0 Å². The molecule has 0 amide bonds. The zero-order chi connectivity index (χ0) is 7.78. The van der Waals surface area contributed by atoms with Crippen molar-refractivity contribution in [2.24, 2.45) is 5.92 Å². The minimum absolute atomic E-state index is 0.0370. The molecule has 0 spiro atoms. The Bertz CT molecular complexity index is 259. The average molecular weight is 160 g/mol. The monoisotopic (exact) mass is 160 g/mol.